The minimum atomic E-state index is 0. The Bertz CT molecular complexity index is 1060. The van der Waals surface area contributed by atoms with Gasteiger partial charge >= 0.3 is 0 Å². The molecule has 0 aliphatic carbocycles. The Balaban J connectivity index is 0.00000225. The highest BCUT2D eigenvalue weighted by Gasteiger charge is 2.06. The van der Waals surface area contributed by atoms with E-state index in [1.54, 1.807) is 0 Å². The van der Waals surface area contributed by atoms with E-state index < -0.39 is 0 Å². The molecule has 4 aromatic rings. The van der Waals surface area contributed by atoms with E-state index >= 15 is 0 Å². The number of rotatable bonds is 5. The van der Waals surface area contributed by atoms with E-state index in [0.29, 0.717) is 5.56 Å². The molecule has 2 aromatic carbocycles. The Morgan fingerprint density at radius 3 is 2.32 bits per heavy atom. The molecule has 0 unspecified atom stereocenters. The zero-order valence-electron chi connectivity index (χ0n) is 15.2. The minimum Gasteiger partial charge on any atom is -0.330 e. The number of nitriles is 1. The van der Waals surface area contributed by atoms with Crippen LogP contribution in [0.15, 0.2) is 85.5 Å². The lowest BCUT2D eigenvalue weighted by atomic mass is 10.1. The Labute approximate surface area is 170 Å². The number of hydrogen-bond acceptors (Lipinski definition) is 3. The second kappa shape index (κ2) is 8.98. The summed E-state index contributed by atoms with van der Waals surface area (Å²) in [5.41, 5.74) is 6.31. The van der Waals surface area contributed by atoms with Gasteiger partial charge in [-0.3, -0.25) is 4.98 Å². The molecule has 28 heavy (non-hydrogen) atoms. The summed E-state index contributed by atoms with van der Waals surface area (Å²) in [5.74, 6) is 0. The van der Waals surface area contributed by atoms with Gasteiger partial charge in [0, 0.05) is 36.6 Å². The molecule has 0 aliphatic rings. The third-order valence-electron chi connectivity index (χ3n) is 4.53. The lowest BCUT2D eigenvalue weighted by Crippen LogP contribution is -2.04. The van der Waals surface area contributed by atoms with Crippen molar-refractivity contribution in [3.8, 4) is 17.3 Å². The van der Waals surface area contributed by atoms with Crippen LogP contribution in [-0.4, -0.2) is 14.5 Å². The molecule has 0 saturated carbocycles. The first kappa shape index (κ1) is 19.3. The molecule has 0 radical (unpaired) electrons. The van der Waals surface area contributed by atoms with E-state index in [-0.39, 0.29) is 12.4 Å². The fraction of sp³-hybridized carbons (Fsp3) is 0.0870. The van der Waals surface area contributed by atoms with Crippen molar-refractivity contribution in [3.05, 3.63) is 108 Å². The molecule has 0 atom stereocenters. The van der Waals surface area contributed by atoms with Crippen molar-refractivity contribution in [1.82, 2.24) is 14.5 Å². The highest BCUT2D eigenvalue weighted by Crippen LogP contribution is 2.18. The molecule has 2 heterocycles. The molecule has 0 aliphatic heterocycles. The van der Waals surface area contributed by atoms with Crippen LogP contribution < -0.4 is 0 Å². The maximum Gasteiger partial charge on any atom is 0.0991 e. The second-order valence-electron chi connectivity index (χ2n) is 6.41. The molecule has 0 N–H and O–H groups in total. The molecule has 0 amide bonds. The first-order chi connectivity index (χ1) is 13.3. The topological polar surface area (TPSA) is 54.5 Å². The zero-order chi connectivity index (χ0) is 18.5. The van der Waals surface area contributed by atoms with E-state index in [1.165, 1.54) is 11.1 Å². The van der Waals surface area contributed by atoms with Gasteiger partial charge in [-0.1, -0.05) is 42.5 Å². The van der Waals surface area contributed by atoms with Crippen molar-refractivity contribution in [2.75, 3.05) is 0 Å². The van der Waals surface area contributed by atoms with Gasteiger partial charge in [0.1, 0.15) is 0 Å². The lowest BCUT2D eigenvalue weighted by molar-refractivity contribution is 0.753. The number of aromatic nitrogens is 3. The third-order valence-corrected chi connectivity index (χ3v) is 4.53. The van der Waals surface area contributed by atoms with E-state index in [2.05, 4.69) is 44.9 Å². The van der Waals surface area contributed by atoms with E-state index in [0.717, 1.165) is 29.9 Å². The molecular formula is C23H19ClN4. The summed E-state index contributed by atoms with van der Waals surface area (Å²) in [6.45, 7) is 0.772. The van der Waals surface area contributed by atoms with Gasteiger partial charge in [-0.05, 0) is 35.4 Å². The number of pyridine rings is 1. The Kier molecular flexibility index (Phi) is 6.21. The quantitative estimate of drug-likeness (QED) is 0.491. The summed E-state index contributed by atoms with van der Waals surface area (Å²) in [6, 6.07) is 24.3. The van der Waals surface area contributed by atoms with Gasteiger partial charge in [-0.25, -0.2) is 4.98 Å². The van der Waals surface area contributed by atoms with Crippen molar-refractivity contribution < 1.29 is 0 Å². The van der Waals surface area contributed by atoms with Crippen molar-refractivity contribution in [3.63, 3.8) is 0 Å². The summed E-state index contributed by atoms with van der Waals surface area (Å²) < 4.78 is 2.16. The standard InChI is InChI=1S/C23H18N4.ClH/c24-14-19-6-4-18(5-7-19)13-22-15-25-17-27(22)16-20-8-10-21(11-9-20)23-3-1-2-12-26-23;/h1-12,15,17H,13,16H2;1H. The first-order valence-electron chi connectivity index (χ1n) is 8.80. The zero-order valence-corrected chi connectivity index (χ0v) is 16.0. The highest BCUT2D eigenvalue weighted by atomic mass is 35.5. The van der Waals surface area contributed by atoms with Crippen LogP contribution in [-0.2, 0) is 13.0 Å². The molecule has 0 saturated heterocycles. The van der Waals surface area contributed by atoms with Crippen LogP contribution in [0.4, 0.5) is 0 Å². The van der Waals surface area contributed by atoms with Gasteiger partial charge < -0.3 is 4.57 Å². The van der Waals surface area contributed by atoms with Gasteiger partial charge in [-0.2, -0.15) is 5.26 Å². The molecule has 4 nitrogen and oxygen atoms in total. The average Bonchev–Trinajstić information content (AvgIpc) is 3.16. The third kappa shape index (κ3) is 4.46. The molecule has 0 fully saturated rings. The van der Waals surface area contributed by atoms with Crippen LogP contribution in [0.5, 0.6) is 0 Å². The highest BCUT2D eigenvalue weighted by molar-refractivity contribution is 5.85. The van der Waals surface area contributed by atoms with Crippen molar-refractivity contribution >= 4 is 12.4 Å². The summed E-state index contributed by atoms with van der Waals surface area (Å²) in [7, 11) is 0. The number of hydrogen-bond donors (Lipinski definition) is 0. The second-order valence-corrected chi connectivity index (χ2v) is 6.41. The maximum absolute atomic E-state index is 8.92. The Morgan fingerprint density at radius 1 is 0.893 bits per heavy atom. The van der Waals surface area contributed by atoms with Crippen LogP contribution in [0.2, 0.25) is 0 Å². The molecule has 4 rings (SSSR count). The number of imidazole rings is 1. The van der Waals surface area contributed by atoms with Gasteiger partial charge in [0.15, 0.2) is 0 Å². The molecular weight excluding hydrogens is 368 g/mol. The predicted molar refractivity (Wildman–Crippen MR) is 112 cm³/mol. The largest absolute Gasteiger partial charge is 0.330 e. The fourth-order valence-corrected chi connectivity index (χ4v) is 3.06. The first-order valence-corrected chi connectivity index (χ1v) is 8.80. The van der Waals surface area contributed by atoms with E-state index in [9.17, 15) is 0 Å². The number of halogens is 1. The lowest BCUT2D eigenvalue weighted by Gasteiger charge is -2.09. The molecule has 5 heteroatoms. The van der Waals surface area contributed by atoms with Crippen LogP contribution >= 0.6 is 12.4 Å². The normalized spacial score (nSPS) is 10.1. The SMILES string of the molecule is Cl.N#Cc1ccc(Cc2cncn2Cc2ccc(-c3ccccn3)cc2)cc1. The van der Waals surface area contributed by atoms with E-state index in [1.807, 2.05) is 61.2 Å². The Hall–Kier alpha value is -3.42. The fourth-order valence-electron chi connectivity index (χ4n) is 3.06. The van der Waals surface area contributed by atoms with Crippen molar-refractivity contribution in [1.29, 1.82) is 5.26 Å². The van der Waals surface area contributed by atoms with Crippen LogP contribution in [0, 0.1) is 11.3 Å². The summed E-state index contributed by atoms with van der Waals surface area (Å²) in [6.07, 6.45) is 6.37. The van der Waals surface area contributed by atoms with Gasteiger partial charge in [0.25, 0.3) is 0 Å². The van der Waals surface area contributed by atoms with Crippen LogP contribution in [0.1, 0.15) is 22.4 Å². The number of benzene rings is 2. The summed E-state index contributed by atoms with van der Waals surface area (Å²) in [5, 5.41) is 8.92. The molecule has 2 aromatic heterocycles. The van der Waals surface area contributed by atoms with Crippen LogP contribution in [0.3, 0.4) is 0 Å². The van der Waals surface area contributed by atoms with Crippen molar-refractivity contribution in [2.24, 2.45) is 0 Å². The van der Waals surface area contributed by atoms with Crippen molar-refractivity contribution in [2.45, 2.75) is 13.0 Å². The Morgan fingerprint density at radius 2 is 1.64 bits per heavy atom. The summed E-state index contributed by atoms with van der Waals surface area (Å²) >= 11 is 0. The number of nitrogens with zero attached hydrogens (tertiary/aromatic N) is 4. The van der Waals surface area contributed by atoms with Gasteiger partial charge in [0.05, 0.1) is 23.7 Å². The monoisotopic (exact) mass is 386 g/mol. The smallest absolute Gasteiger partial charge is 0.0991 e. The van der Waals surface area contributed by atoms with E-state index in [4.69, 9.17) is 5.26 Å². The average molecular weight is 387 g/mol. The van der Waals surface area contributed by atoms with Gasteiger partial charge in [0.2, 0.25) is 0 Å². The minimum absolute atomic E-state index is 0. The summed E-state index contributed by atoms with van der Waals surface area (Å²) in [4.78, 5) is 8.71. The maximum atomic E-state index is 8.92. The molecule has 138 valence electrons. The van der Waals surface area contributed by atoms with Gasteiger partial charge in [-0.15, -0.1) is 12.4 Å². The molecule has 0 bridgehead atoms. The predicted octanol–water partition coefficient (Wildman–Crippen LogP) is 4.88. The van der Waals surface area contributed by atoms with Crippen LogP contribution in [0.25, 0.3) is 11.3 Å². The molecule has 0 spiro atoms.